The molecule has 8 heteroatoms. The zero-order valence-electron chi connectivity index (χ0n) is 15.5. The second-order valence-electron chi connectivity index (χ2n) is 6.89. The van der Waals surface area contributed by atoms with Crippen LogP contribution < -0.4 is 4.31 Å². The summed E-state index contributed by atoms with van der Waals surface area (Å²) in [5, 5.41) is 0.829. The number of anilines is 1. The molecule has 0 aliphatic heterocycles. The number of hydrogen-bond acceptors (Lipinski definition) is 3. The van der Waals surface area contributed by atoms with Crippen molar-refractivity contribution in [1.29, 1.82) is 0 Å². The number of halogens is 2. The van der Waals surface area contributed by atoms with E-state index in [1.807, 2.05) is 0 Å². The van der Waals surface area contributed by atoms with Crippen molar-refractivity contribution in [1.82, 2.24) is 4.90 Å². The van der Waals surface area contributed by atoms with Gasteiger partial charge in [0.1, 0.15) is 6.54 Å². The van der Waals surface area contributed by atoms with Gasteiger partial charge in [-0.3, -0.25) is 9.10 Å². The predicted molar refractivity (Wildman–Crippen MR) is 112 cm³/mol. The van der Waals surface area contributed by atoms with Crippen LogP contribution in [0.2, 0.25) is 10.0 Å². The second-order valence-corrected chi connectivity index (χ2v) is 9.62. The normalized spacial score (nSPS) is 14.8. The minimum atomic E-state index is -3.97. The first kappa shape index (κ1) is 21.0. The maximum absolute atomic E-state index is 13.3. The van der Waals surface area contributed by atoms with Crippen LogP contribution in [0.15, 0.2) is 53.4 Å². The summed E-state index contributed by atoms with van der Waals surface area (Å²) in [7, 11) is -2.23. The average molecular weight is 441 g/mol. The van der Waals surface area contributed by atoms with Crippen LogP contribution in [0.25, 0.3) is 0 Å². The molecule has 1 amide bonds. The fourth-order valence-electron chi connectivity index (χ4n) is 3.41. The van der Waals surface area contributed by atoms with Crippen molar-refractivity contribution in [3.63, 3.8) is 0 Å². The fraction of sp³-hybridized carbons (Fsp3) is 0.350. The highest BCUT2D eigenvalue weighted by atomic mass is 35.5. The molecule has 0 aromatic heterocycles. The molecule has 0 N–H and O–H groups in total. The van der Waals surface area contributed by atoms with E-state index >= 15 is 0 Å². The van der Waals surface area contributed by atoms with Gasteiger partial charge in [-0.05, 0) is 55.3 Å². The van der Waals surface area contributed by atoms with Gasteiger partial charge in [-0.2, -0.15) is 0 Å². The first-order chi connectivity index (χ1) is 13.3. The lowest BCUT2D eigenvalue weighted by atomic mass is 10.2. The number of likely N-dealkylation sites (N-methyl/N-ethyl adjacent to an activating group) is 1. The molecular formula is C20H22Cl2N2O3S. The minimum absolute atomic E-state index is 0.0631. The fourth-order valence-corrected chi connectivity index (χ4v) is 5.13. The number of benzene rings is 2. The third-order valence-corrected chi connectivity index (χ3v) is 7.32. The molecule has 1 fully saturated rings. The van der Waals surface area contributed by atoms with Crippen LogP contribution in [0.4, 0.5) is 5.69 Å². The summed E-state index contributed by atoms with van der Waals surface area (Å²) in [5.41, 5.74) is 0.343. The maximum atomic E-state index is 13.3. The number of rotatable bonds is 6. The van der Waals surface area contributed by atoms with Gasteiger partial charge in [0.2, 0.25) is 5.91 Å². The smallest absolute Gasteiger partial charge is 0.264 e. The summed E-state index contributed by atoms with van der Waals surface area (Å²) in [4.78, 5) is 14.6. The van der Waals surface area contributed by atoms with Gasteiger partial charge in [-0.1, -0.05) is 42.1 Å². The van der Waals surface area contributed by atoms with Crippen LogP contribution >= 0.6 is 23.2 Å². The predicted octanol–water partition coefficient (Wildman–Crippen LogP) is 4.59. The van der Waals surface area contributed by atoms with Crippen molar-refractivity contribution >= 4 is 44.8 Å². The Labute approximate surface area is 175 Å². The first-order valence-electron chi connectivity index (χ1n) is 9.08. The number of carbonyl (C=O) groups is 1. The lowest BCUT2D eigenvalue weighted by Gasteiger charge is -2.29. The molecule has 0 heterocycles. The van der Waals surface area contributed by atoms with Gasteiger partial charge in [0, 0.05) is 23.1 Å². The number of carbonyl (C=O) groups excluding carboxylic acids is 1. The number of amides is 1. The number of nitrogens with zero attached hydrogens (tertiary/aromatic N) is 2. The Morgan fingerprint density at radius 2 is 1.68 bits per heavy atom. The summed E-state index contributed by atoms with van der Waals surface area (Å²) in [6.45, 7) is -0.293. The first-order valence-corrected chi connectivity index (χ1v) is 11.3. The van der Waals surface area contributed by atoms with Crippen LogP contribution in [-0.2, 0) is 14.8 Å². The molecule has 0 spiro atoms. The molecule has 2 aromatic carbocycles. The van der Waals surface area contributed by atoms with Gasteiger partial charge in [0.25, 0.3) is 10.0 Å². The molecule has 0 unspecified atom stereocenters. The third-order valence-electron chi connectivity index (χ3n) is 5.04. The van der Waals surface area contributed by atoms with E-state index in [2.05, 4.69) is 0 Å². The summed E-state index contributed by atoms with van der Waals surface area (Å²) >= 11 is 12.0. The van der Waals surface area contributed by atoms with E-state index in [-0.39, 0.29) is 23.4 Å². The quantitative estimate of drug-likeness (QED) is 0.659. The van der Waals surface area contributed by atoms with E-state index in [0.29, 0.717) is 15.7 Å². The summed E-state index contributed by atoms with van der Waals surface area (Å²) in [5.74, 6) is -0.246. The molecule has 1 aliphatic carbocycles. The van der Waals surface area contributed by atoms with Crippen LogP contribution in [0.3, 0.4) is 0 Å². The van der Waals surface area contributed by atoms with Crippen molar-refractivity contribution in [3.8, 4) is 0 Å². The zero-order valence-corrected chi connectivity index (χ0v) is 17.8. The van der Waals surface area contributed by atoms with Crippen molar-refractivity contribution in [2.75, 3.05) is 17.9 Å². The van der Waals surface area contributed by atoms with E-state index in [4.69, 9.17) is 23.2 Å². The highest BCUT2D eigenvalue weighted by Crippen LogP contribution is 2.28. The SMILES string of the molecule is CN(C(=O)CN(c1cccc(Cl)c1)S(=O)(=O)c1ccc(Cl)cc1)C1CCCC1. The molecule has 0 radical (unpaired) electrons. The molecule has 1 saturated carbocycles. The largest absolute Gasteiger partial charge is 0.341 e. The Bertz CT molecular complexity index is 942. The molecule has 0 saturated heterocycles. The molecule has 0 atom stereocenters. The van der Waals surface area contributed by atoms with E-state index in [1.54, 1.807) is 30.1 Å². The summed E-state index contributed by atoms with van der Waals surface area (Å²) < 4.78 is 27.7. The average Bonchev–Trinajstić information content (AvgIpc) is 3.20. The van der Waals surface area contributed by atoms with E-state index in [0.717, 1.165) is 30.0 Å². The van der Waals surface area contributed by atoms with Crippen molar-refractivity contribution in [2.24, 2.45) is 0 Å². The molecule has 3 rings (SSSR count). The lowest BCUT2D eigenvalue weighted by molar-refractivity contribution is -0.130. The number of sulfonamides is 1. The van der Waals surface area contributed by atoms with Gasteiger partial charge in [0.15, 0.2) is 0 Å². The molecule has 2 aromatic rings. The Morgan fingerprint density at radius 1 is 1.04 bits per heavy atom. The maximum Gasteiger partial charge on any atom is 0.264 e. The Hall–Kier alpha value is -1.76. The highest BCUT2D eigenvalue weighted by molar-refractivity contribution is 7.92. The number of hydrogen-bond donors (Lipinski definition) is 0. The zero-order chi connectivity index (χ0) is 20.3. The van der Waals surface area contributed by atoms with Crippen LogP contribution in [0.1, 0.15) is 25.7 Å². The standard InChI is InChI=1S/C20H22Cl2N2O3S/c1-23(17-6-2-3-7-17)20(25)14-24(18-8-4-5-16(22)13-18)28(26,27)19-11-9-15(21)10-12-19/h4-5,8-13,17H,2-3,6-7,14H2,1H3. The highest BCUT2D eigenvalue weighted by Gasteiger charge is 2.31. The molecule has 150 valence electrons. The molecule has 1 aliphatic rings. The van der Waals surface area contributed by atoms with Gasteiger partial charge in [0.05, 0.1) is 10.6 Å². The topological polar surface area (TPSA) is 57.7 Å². The van der Waals surface area contributed by atoms with E-state index in [9.17, 15) is 13.2 Å². The van der Waals surface area contributed by atoms with Gasteiger partial charge in [-0.15, -0.1) is 0 Å². The van der Waals surface area contributed by atoms with Gasteiger partial charge < -0.3 is 4.90 Å². The Morgan fingerprint density at radius 3 is 2.29 bits per heavy atom. The molecule has 5 nitrogen and oxygen atoms in total. The van der Waals surface area contributed by atoms with Gasteiger partial charge in [-0.25, -0.2) is 8.42 Å². The van der Waals surface area contributed by atoms with Crippen molar-refractivity contribution < 1.29 is 13.2 Å². The van der Waals surface area contributed by atoms with Crippen LogP contribution in [0.5, 0.6) is 0 Å². The molecular weight excluding hydrogens is 419 g/mol. The van der Waals surface area contributed by atoms with Crippen LogP contribution in [0, 0.1) is 0 Å². The molecule has 28 heavy (non-hydrogen) atoms. The molecule has 0 bridgehead atoms. The van der Waals surface area contributed by atoms with E-state index < -0.39 is 10.0 Å². The monoisotopic (exact) mass is 440 g/mol. The van der Waals surface area contributed by atoms with Crippen molar-refractivity contribution in [2.45, 2.75) is 36.6 Å². The van der Waals surface area contributed by atoms with Crippen LogP contribution in [-0.4, -0.2) is 38.9 Å². The Balaban J connectivity index is 1.95. The third kappa shape index (κ3) is 4.62. The van der Waals surface area contributed by atoms with Crippen molar-refractivity contribution in [3.05, 3.63) is 58.6 Å². The Kier molecular flexibility index (Phi) is 6.53. The van der Waals surface area contributed by atoms with Gasteiger partial charge >= 0.3 is 0 Å². The summed E-state index contributed by atoms with van der Waals surface area (Å²) in [6, 6.07) is 12.5. The summed E-state index contributed by atoms with van der Waals surface area (Å²) in [6.07, 6.45) is 4.07. The minimum Gasteiger partial charge on any atom is -0.341 e. The van der Waals surface area contributed by atoms with E-state index in [1.165, 1.54) is 30.3 Å². The second kappa shape index (κ2) is 8.72. The lowest BCUT2D eigenvalue weighted by Crippen LogP contribution is -2.44.